The fourth-order valence-electron chi connectivity index (χ4n) is 2.08. The molecular weight excluding hydrogens is 369 g/mol. The van der Waals surface area contributed by atoms with Crippen LogP contribution in [0.5, 0.6) is 5.75 Å². The number of methoxy groups -OCH3 is 1. The number of hydrogen-bond acceptors (Lipinski definition) is 5. The number of rotatable bonds is 5. The normalized spacial score (nSPS) is 10.6. The quantitative estimate of drug-likeness (QED) is 0.611. The molecule has 3 aromatic rings. The Morgan fingerprint density at radius 3 is 2.83 bits per heavy atom. The molecule has 0 saturated carbocycles. The predicted octanol–water partition coefficient (Wildman–Crippen LogP) is 5.26. The average molecular weight is 382 g/mol. The molecule has 1 aromatic heterocycles. The van der Waals surface area contributed by atoms with E-state index in [1.807, 2.05) is 24.3 Å². The number of ether oxygens (including phenoxy) is 1. The van der Waals surface area contributed by atoms with Crippen LogP contribution in [0.4, 0.5) is 5.69 Å². The van der Waals surface area contributed by atoms with E-state index in [4.69, 9.17) is 44.6 Å². The molecule has 5 nitrogen and oxygen atoms in total. The van der Waals surface area contributed by atoms with E-state index < -0.39 is 0 Å². The second-order valence-corrected chi connectivity index (χ2v) is 6.06. The molecule has 1 N–H and O–H groups in total. The first-order valence-corrected chi connectivity index (χ1v) is 8.14. The summed E-state index contributed by atoms with van der Waals surface area (Å²) in [5.41, 5.74) is 1.51. The lowest BCUT2D eigenvalue weighted by Crippen LogP contribution is -2.09. The zero-order valence-corrected chi connectivity index (χ0v) is 15.0. The monoisotopic (exact) mass is 381 g/mol. The van der Waals surface area contributed by atoms with E-state index in [2.05, 4.69) is 10.4 Å². The number of nitrogens with one attached hydrogen (secondary N) is 1. The third-order valence-corrected chi connectivity index (χ3v) is 4.11. The fraction of sp³-hybridized carbons (Fsp3) is 0.125. The van der Waals surface area contributed by atoms with E-state index >= 15 is 0 Å². The average Bonchev–Trinajstić information content (AvgIpc) is 2.93. The number of benzene rings is 2. The minimum Gasteiger partial charge on any atom is -0.497 e. The van der Waals surface area contributed by atoms with Crippen molar-refractivity contribution in [2.24, 2.45) is 0 Å². The second kappa shape index (κ2) is 7.25. The van der Waals surface area contributed by atoms with Crippen LogP contribution in [-0.4, -0.2) is 16.9 Å². The zero-order chi connectivity index (χ0) is 17.1. The molecular formula is C16H13Cl2N3O2S. The molecule has 0 saturated heterocycles. The van der Waals surface area contributed by atoms with E-state index in [9.17, 15) is 0 Å². The Hall–Kier alpha value is -2.02. The summed E-state index contributed by atoms with van der Waals surface area (Å²) in [6, 6.07) is 12.6. The Kier molecular flexibility index (Phi) is 5.08. The molecule has 3 rings (SSSR count). The molecule has 8 heteroatoms. The van der Waals surface area contributed by atoms with Gasteiger partial charge >= 0.3 is 0 Å². The molecule has 0 spiro atoms. The first-order valence-electron chi connectivity index (χ1n) is 6.98. The molecule has 0 bridgehead atoms. The minimum absolute atomic E-state index is 0.242. The molecule has 0 atom stereocenters. The van der Waals surface area contributed by atoms with Crippen molar-refractivity contribution in [2.45, 2.75) is 6.67 Å². The van der Waals surface area contributed by atoms with E-state index in [0.717, 1.165) is 11.4 Å². The van der Waals surface area contributed by atoms with Crippen LogP contribution in [0.2, 0.25) is 10.0 Å². The third-order valence-electron chi connectivity index (χ3n) is 3.27. The molecule has 124 valence electrons. The molecule has 0 radical (unpaired) electrons. The van der Waals surface area contributed by atoms with Crippen LogP contribution in [0.15, 0.2) is 46.9 Å². The first-order chi connectivity index (χ1) is 11.6. The van der Waals surface area contributed by atoms with Crippen LogP contribution in [-0.2, 0) is 6.67 Å². The Morgan fingerprint density at radius 2 is 2.08 bits per heavy atom. The molecule has 1 heterocycles. The molecule has 24 heavy (non-hydrogen) atoms. The van der Waals surface area contributed by atoms with Crippen LogP contribution in [0.1, 0.15) is 0 Å². The summed E-state index contributed by atoms with van der Waals surface area (Å²) in [6.07, 6.45) is 0. The zero-order valence-electron chi connectivity index (χ0n) is 12.6. The van der Waals surface area contributed by atoms with Crippen LogP contribution in [0.25, 0.3) is 11.5 Å². The predicted molar refractivity (Wildman–Crippen MR) is 97.4 cm³/mol. The third kappa shape index (κ3) is 3.72. The molecule has 0 fully saturated rings. The van der Waals surface area contributed by atoms with Gasteiger partial charge in [0.15, 0.2) is 0 Å². The van der Waals surface area contributed by atoms with Gasteiger partial charge in [-0.3, -0.25) is 0 Å². The molecule has 0 aliphatic carbocycles. The van der Waals surface area contributed by atoms with E-state index in [1.165, 1.54) is 4.68 Å². The number of anilines is 1. The van der Waals surface area contributed by atoms with Gasteiger partial charge in [-0.15, -0.1) is 5.10 Å². The van der Waals surface area contributed by atoms with Crippen molar-refractivity contribution < 1.29 is 9.15 Å². The Balaban J connectivity index is 1.80. The van der Waals surface area contributed by atoms with Gasteiger partial charge in [-0.1, -0.05) is 29.3 Å². The van der Waals surface area contributed by atoms with Crippen molar-refractivity contribution in [3.8, 4) is 17.2 Å². The van der Waals surface area contributed by atoms with Gasteiger partial charge in [-0.2, -0.15) is 0 Å². The molecule has 2 aromatic carbocycles. The fourth-order valence-corrected chi connectivity index (χ4v) is 2.75. The van der Waals surface area contributed by atoms with Crippen molar-refractivity contribution >= 4 is 41.1 Å². The van der Waals surface area contributed by atoms with Crippen LogP contribution >= 0.6 is 35.4 Å². The van der Waals surface area contributed by atoms with Gasteiger partial charge in [0, 0.05) is 16.8 Å². The van der Waals surface area contributed by atoms with Gasteiger partial charge in [-0.25, -0.2) is 4.68 Å². The van der Waals surface area contributed by atoms with Crippen LogP contribution in [0, 0.1) is 4.84 Å². The summed E-state index contributed by atoms with van der Waals surface area (Å²) in [4.78, 5) is 0.242. The summed E-state index contributed by atoms with van der Waals surface area (Å²) in [5, 5.41) is 8.55. The van der Waals surface area contributed by atoms with Crippen molar-refractivity contribution in [1.29, 1.82) is 0 Å². The highest BCUT2D eigenvalue weighted by Gasteiger charge is 2.12. The van der Waals surface area contributed by atoms with E-state index in [1.54, 1.807) is 25.3 Å². The lowest BCUT2D eigenvalue weighted by atomic mass is 10.2. The maximum absolute atomic E-state index is 6.17. The van der Waals surface area contributed by atoms with Gasteiger partial charge < -0.3 is 14.5 Å². The Labute approximate surface area is 153 Å². The summed E-state index contributed by atoms with van der Waals surface area (Å²) >= 11 is 17.3. The molecule has 0 aliphatic heterocycles. The molecule has 0 amide bonds. The summed E-state index contributed by atoms with van der Waals surface area (Å²) < 4.78 is 12.3. The van der Waals surface area contributed by atoms with Crippen LogP contribution < -0.4 is 10.1 Å². The van der Waals surface area contributed by atoms with Crippen molar-refractivity contribution in [3.05, 3.63) is 57.3 Å². The summed E-state index contributed by atoms with van der Waals surface area (Å²) in [7, 11) is 1.62. The van der Waals surface area contributed by atoms with Crippen molar-refractivity contribution in [2.75, 3.05) is 12.4 Å². The summed E-state index contributed by atoms with van der Waals surface area (Å²) in [6.45, 7) is 0.348. The van der Waals surface area contributed by atoms with Gasteiger partial charge in [0.25, 0.3) is 4.84 Å². The number of nitrogens with zero attached hydrogens (tertiary/aromatic N) is 2. The van der Waals surface area contributed by atoms with Crippen molar-refractivity contribution in [3.63, 3.8) is 0 Å². The highest BCUT2D eigenvalue weighted by molar-refractivity contribution is 7.71. The first kappa shape index (κ1) is 16.8. The Morgan fingerprint density at radius 1 is 1.25 bits per heavy atom. The van der Waals surface area contributed by atoms with E-state index in [-0.39, 0.29) is 4.84 Å². The summed E-state index contributed by atoms with van der Waals surface area (Å²) in [5.74, 6) is 1.10. The van der Waals surface area contributed by atoms with Crippen molar-refractivity contribution in [1.82, 2.24) is 9.78 Å². The lowest BCUT2D eigenvalue weighted by molar-refractivity contribution is 0.415. The van der Waals surface area contributed by atoms with Gasteiger partial charge in [-0.05, 0) is 42.5 Å². The Bertz CT molecular complexity index is 924. The largest absolute Gasteiger partial charge is 0.497 e. The topological polar surface area (TPSA) is 52.2 Å². The van der Waals surface area contributed by atoms with Gasteiger partial charge in [0.1, 0.15) is 12.4 Å². The van der Waals surface area contributed by atoms with Gasteiger partial charge in [0.05, 0.1) is 17.7 Å². The minimum atomic E-state index is 0.242. The number of hydrogen-bond donors (Lipinski definition) is 1. The maximum atomic E-state index is 6.17. The number of halogens is 2. The smallest absolute Gasteiger partial charge is 0.289 e. The van der Waals surface area contributed by atoms with Gasteiger partial charge in [0.2, 0.25) is 5.89 Å². The SMILES string of the molecule is COc1cccc(NCn2nc(-c3ccc(Cl)cc3Cl)oc2=S)c1. The van der Waals surface area contributed by atoms with Crippen LogP contribution in [0.3, 0.4) is 0 Å². The second-order valence-electron chi connectivity index (χ2n) is 4.86. The van der Waals surface area contributed by atoms with E-state index in [0.29, 0.717) is 28.2 Å². The highest BCUT2D eigenvalue weighted by Crippen LogP contribution is 2.29. The lowest BCUT2D eigenvalue weighted by Gasteiger charge is -2.07. The highest BCUT2D eigenvalue weighted by atomic mass is 35.5. The molecule has 0 unspecified atom stereocenters. The maximum Gasteiger partial charge on any atom is 0.289 e. The molecule has 0 aliphatic rings. The standard InChI is InChI=1S/C16H13Cl2N3O2S/c1-22-12-4-2-3-11(8-12)19-9-21-16(24)23-15(20-21)13-6-5-10(17)7-14(13)18/h2-8,19H,9H2,1H3. The number of aromatic nitrogens is 2.